The number of nitriles is 2. The number of allylic oxidation sites excluding steroid dienone is 1. The molecule has 0 spiro atoms. The highest BCUT2D eigenvalue weighted by Gasteiger charge is 2.37. The van der Waals surface area contributed by atoms with Crippen LogP contribution in [0, 0.1) is 22.7 Å². The van der Waals surface area contributed by atoms with Crippen molar-refractivity contribution in [3.63, 3.8) is 0 Å². The third kappa shape index (κ3) is 5.37. The predicted molar refractivity (Wildman–Crippen MR) is 159 cm³/mol. The summed E-state index contributed by atoms with van der Waals surface area (Å²) in [6.45, 7) is 6.01. The molecular formula is C33H35N5S. The van der Waals surface area contributed by atoms with Gasteiger partial charge in [-0.25, -0.2) is 0 Å². The van der Waals surface area contributed by atoms with Gasteiger partial charge in [0.1, 0.15) is 18.0 Å². The average Bonchev–Trinajstić information content (AvgIpc) is 3.56. The molecule has 2 heterocycles. The lowest BCUT2D eigenvalue weighted by atomic mass is 10.0. The van der Waals surface area contributed by atoms with Crippen molar-refractivity contribution in [3.8, 4) is 12.1 Å². The molecule has 0 N–H and O–H groups in total. The Morgan fingerprint density at radius 3 is 2.46 bits per heavy atom. The first-order valence-corrected chi connectivity index (χ1v) is 15.3. The normalized spacial score (nSPS) is 18.9. The SMILES string of the molecule is N#CC(C#N)=C1N(CCSCc2cccc(CN3CCCCC3)c2)CCN1C1Cc2cccc3cccc1c23. The van der Waals surface area contributed by atoms with Gasteiger partial charge in [-0.05, 0) is 65.4 Å². The van der Waals surface area contributed by atoms with Gasteiger partial charge in [-0.15, -0.1) is 0 Å². The van der Waals surface area contributed by atoms with Crippen LogP contribution in [0.4, 0.5) is 0 Å². The quantitative estimate of drug-likeness (QED) is 0.253. The van der Waals surface area contributed by atoms with Gasteiger partial charge in [0.25, 0.3) is 0 Å². The van der Waals surface area contributed by atoms with E-state index in [9.17, 15) is 10.5 Å². The van der Waals surface area contributed by atoms with Crippen LogP contribution in [0.1, 0.15) is 47.6 Å². The van der Waals surface area contributed by atoms with Crippen LogP contribution in [0.3, 0.4) is 0 Å². The van der Waals surface area contributed by atoms with Crippen LogP contribution in [0.5, 0.6) is 0 Å². The third-order valence-corrected chi connectivity index (χ3v) is 9.43. The second kappa shape index (κ2) is 11.7. The lowest BCUT2D eigenvalue weighted by Crippen LogP contribution is -2.29. The van der Waals surface area contributed by atoms with E-state index < -0.39 is 0 Å². The highest BCUT2D eigenvalue weighted by atomic mass is 32.2. The summed E-state index contributed by atoms with van der Waals surface area (Å²) in [6.07, 6.45) is 4.93. The maximum Gasteiger partial charge on any atom is 0.169 e. The van der Waals surface area contributed by atoms with Gasteiger partial charge >= 0.3 is 0 Å². The molecule has 0 bridgehead atoms. The number of benzene rings is 3. The molecule has 2 saturated heterocycles. The summed E-state index contributed by atoms with van der Waals surface area (Å²) in [5.74, 6) is 2.76. The monoisotopic (exact) mass is 533 g/mol. The third-order valence-electron chi connectivity index (χ3n) is 8.42. The zero-order valence-corrected chi connectivity index (χ0v) is 23.3. The van der Waals surface area contributed by atoms with E-state index in [-0.39, 0.29) is 11.6 Å². The van der Waals surface area contributed by atoms with Crippen molar-refractivity contribution in [2.75, 3.05) is 38.5 Å². The van der Waals surface area contributed by atoms with E-state index >= 15 is 0 Å². The number of thioether (sulfide) groups is 1. The predicted octanol–water partition coefficient (Wildman–Crippen LogP) is 6.23. The summed E-state index contributed by atoms with van der Waals surface area (Å²) in [5.41, 5.74) is 5.69. The second-order valence-corrected chi connectivity index (χ2v) is 12.0. The summed E-state index contributed by atoms with van der Waals surface area (Å²) < 4.78 is 0. The van der Waals surface area contributed by atoms with Crippen LogP contribution in [0.2, 0.25) is 0 Å². The number of rotatable bonds is 8. The van der Waals surface area contributed by atoms with Crippen LogP contribution < -0.4 is 0 Å². The summed E-state index contributed by atoms with van der Waals surface area (Å²) in [5, 5.41) is 22.3. The Balaban J connectivity index is 1.11. The van der Waals surface area contributed by atoms with Crippen molar-refractivity contribution in [1.29, 1.82) is 10.5 Å². The fraction of sp³-hybridized carbons (Fsp3) is 0.394. The molecule has 1 aliphatic carbocycles. The maximum absolute atomic E-state index is 9.86. The van der Waals surface area contributed by atoms with Gasteiger partial charge in [0.05, 0.1) is 6.04 Å². The van der Waals surface area contributed by atoms with Crippen molar-refractivity contribution in [2.45, 2.75) is 44.0 Å². The van der Waals surface area contributed by atoms with E-state index in [1.165, 1.54) is 65.4 Å². The van der Waals surface area contributed by atoms with Crippen molar-refractivity contribution >= 4 is 22.5 Å². The average molecular weight is 534 g/mol. The Hall–Kier alpha value is -3.45. The van der Waals surface area contributed by atoms with Gasteiger partial charge < -0.3 is 9.80 Å². The minimum Gasteiger partial charge on any atom is -0.354 e. The molecule has 0 amide bonds. The van der Waals surface area contributed by atoms with Crippen molar-refractivity contribution in [2.24, 2.45) is 0 Å². The zero-order valence-electron chi connectivity index (χ0n) is 22.5. The first-order chi connectivity index (χ1) is 19.2. The van der Waals surface area contributed by atoms with Gasteiger partial charge in [-0.2, -0.15) is 22.3 Å². The Kier molecular flexibility index (Phi) is 7.77. The fourth-order valence-electron chi connectivity index (χ4n) is 6.62. The van der Waals surface area contributed by atoms with Gasteiger partial charge in [0.15, 0.2) is 5.57 Å². The maximum atomic E-state index is 9.86. The Morgan fingerprint density at radius 1 is 0.872 bits per heavy atom. The molecule has 1 atom stereocenters. The van der Waals surface area contributed by atoms with Crippen LogP contribution in [0.25, 0.3) is 10.8 Å². The highest BCUT2D eigenvalue weighted by molar-refractivity contribution is 7.98. The lowest BCUT2D eigenvalue weighted by Gasteiger charge is -2.30. The van der Waals surface area contributed by atoms with E-state index in [0.717, 1.165) is 49.9 Å². The summed E-state index contributed by atoms with van der Waals surface area (Å²) in [6, 6.07) is 26.7. The first kappa shape index (κ1) is 25.8. The molecule has 5 nitrogen and oxygen atoms in total. The molecule has 3 aliphatic rings. The molecular weight excluding hydrogens is 498 g/mol. The highest BCUT2D eigenvalue weighted by Crippen LogP contribution is 2.43. The molecule has 0 aromatic heterocycles. The number of piperidine rings is 1. The van der Waals surface area contributed by atoms with Gasteiger partial charge in [0.2, 0.25) is 0 Å². The smallest absolute Gasteiger partial charge is 0.169 e. The molecule has 0 radical (unpaired) electrons. The van der Waals surface area contributed by atoms with Crippen molar-refractivity contribution in [1.82, 2.24) is 14.7 Å². The molecule has 6 rings (SSSR count). The summed E-state index contributed by atoms with van der Waals surface area (Å²) >= 11 is 1.93. The van der Waals surface area contributed by atoms with E-state index in [1.54, 1.807) is 0 Å². The zero-order chi connectivity index (χ0) is 26.6. The first-order valence-electron chi connectivity index (χ1n) is 14.2. The van der Waals surface area contributed by atoms with Crippen LogP contribution in [-0.4, -0.2) is 53.2 Å². The molecule has 2 aliphatic heterocycles. The molecule has 1 unspecified atom stereocenters. The van der Waals surface area contributed by atoms with Gasteiger partial charge in [-0.3, -0.25) is 4.90 Å². The summed E-state index contributed by atoms with van der Waals surface area (Å²) in [7, 11) is 0. The molecule has 198 valence electrons. The second-order valence-electron chi connectivity index (χ2n) is 10.9. The Morgan fingerprint density at radius 2 is 1.64 bits per heavy atom. The molecule has 3 aromatic rings. The molecule has 0 saturated carbocycles. The summed E-state index contributed by atoms with van der Waals surface area (Å²) in [4.78, 5) is 7.17. The van der Waals surface area contributed by atoms with E-state index in [0.29, 0.717) is 0 Å². The number of likely N-dealkylation sites (tertiary alicyclic amines) is 1. The van der Waals surface area contributed by atoms with Gasteiger partial charge in [0, 0.05) is 37.7 Å². The Bertz CT molecular complexity index is 1440. The molecule has 3 aromatic carbocycles. The van der Waals surface area contributed by atoms with Crippen LogP contribution in [0.15, 0.2) is 72.1 Å². The minimum absolute atomic E-state index is 0.165. The van der Waals surface area contributed by atoms with E-state index in [1.807, 2.05) is 11.8 Å². The van der Waals surface area contributed by atoms with Crippen molar-refractivity contribution in [3.05, 3.63) is 94.3 Å². The standard InChI is InChI=1S/C33H35N5S/c34-21-29(22-35)33-37(15-16-38(33)31-20-28-11-5-9-27-10-6-12-30(31)32(27)28)17-18-39-24-26-8-4-7-25(19-26)23-36-13-2-1-3-14-36/h4-12,19,31H,1-3,13-18,20,23-24H2. The lowest BCUT2D eigenvalue weighted by molar-refractivity contribution is 0.221. The van der Waals surface area contributed by atoms with Crippen LogP contribution in [-0.2, 0) is 18.7 Å². The van der Waals surface area contributed by atoms with E-state index in [4.69, 9.17) is 0 Å². The van der Waals surface area contributed by atoms with Crippen molar-refractivity contribution < 1.29 is 0 Å². The molecule has 6 heteroatoms. The van der Waals surface area contributed by atoms with E-state index in [2.05, 4.69) is 87.5 Å². The number of nitrogens with zero attached hydrogens (tertiary/aromatic N) is 5. The topological polar surface area (TPSA) is 57.3 Å². The molecule has 39 heavy (non-hydrogen) atoms. The minimum atomic E-state index is 0.165. The Labute approximate surface area is 236 Å². The number of hydrogen-bond acceptors (Lipinski definition) is 6. The van der Waals surface area contributed by atoms with Crippen LogP contribution >= 0.6 is 11.8 Å². The fourth-order valence-corrected chi connectivity index (χ4v) is 7.53. The largest absolute Gasteiger partial charge is 0.354 e. The number of hydrogen-bond donors (Lipinski definition) is 0. The van der Waals surface area contributed by atoms with Gasteiger partial charge in [-0.1, -0.05) is 67.1 Å². The molecule has 2 fully saturated rings.